The molecule has 0 saturated carbocycles. The van der Waals surface area contributed by atoms with Crippen LogP contribution in [0, 0.1) is 0 Å². The Morgan fingerprint density at radius 2 is 1.09 bits per heavy atom. The summed E-state index contributed by atoms with van der Waals surface area (Å²) in [6, 6.07) is 16.7. The Balaban J connectivity index is 0.000000344. The normalized spacial score (nSPS) is 9.73. The topological polar surface area (TPSA) is 3.24 Å². The van der Waals surface area contributed by atoms with Gasteiger partial charge in [0.25, 0.3) is 0 Å². The van der Waals surface area contributed by atoms with Crippen LogP contribution < -0.4 is 0 Å². The number of nitrogens with zero attached hydrogens (tertiary/aromatic N) is 1. The van der Waals surface area contributed by atoms with Gasteiger partial charge < -0.3 is 4.90 Å². The number of hydrogen-bond donors (Lipinski definition) is 0. The maximum Gasteiger partial charge on any atom is -0.00248 e. The van der Waals surface area contributed by atoms with Gasteiger partial charge in [-0.2, -0.15) is 0 Å². The molecule has 0 N–H and O–H groups in total. The molecule has 2 rings (SSSR count). The molecule has 0 heterocycles. The van der Waals surface area contributed by atoms with Crippen molar-refractivity contribution in [3.63, 3.8) is 0 Å². The summed E-state index contributed by atoms with van der Waals surface area (Å²) in [7, 11) is 4.26. The molecule has 0 amide bonds. The van der Waals surface area contributed by atoms with E-state index in [9.17, 15) is 0 Å². The predicted molar refractivity (Wildman–Crippen MR) is 103 cm³/mol. The van der Waals surface area contributed by atoms with Crippen LogP contribution in [0.25, 0.3) is 10.8 Å². The first-order valence-electron chi connectivity index (χ1n) is 8.74. The van der Waals surface area contributed by atoms with Crippen molar-refractivity contribution in [2.45, 2.75) is 52.9 Å². The first-order chi connectivity index (χ1) is 10.7. The fraction of sp³-hybridized carbons (Fsp3) is 0.524. The van der Waals surface area contributed by atoms with Gasteiger partial charge in [-0.15, -0.1) is 0 Å². The minimum atomic E-state index is 1.25. The molecular formula is C21H35N. The second-order valence-corrected chi connectivity index (χ2v) is 5.92. The first-order valence-corrected chi connectivity index (χ1v) is 8.74. The molecule has 124 valence electrons. The van der Waals surface area contributed by atoms with Crippen molar-refractivity contribution in [1.29, 1.82) is 0 Å². The molecule has 0 aromatic heterocycles. The summed E-state index contributed by atoms with van der Waals surface area (Å²) in [4.78, 5) is 2.25. The van der Waals surface area contributed by atoms with Crippen LogP contribution in [0.1, 0.15) is 52.9 Å². The lowest BCUT2D eigenvalue weighted by molar-refractivity contribution is 0.391. The highest BCUT2D eigenvalue weighted by molar-refractivity contribution is 5.81. The second kappa shape index (κ2) is 14.6. The predicted octanol–water partition coefficient (Wildman–Crippen LogP) is 6.38. The van der Waals surface area contributed by atoms with E-state index in [0.717, 1.165) is 0 Å². The summed E-state index contributed by atoms with van der Waals surface area (Å²) in [5.74, 6) is 0. The highest BCUT2D eigenvalue weighted by atomic mass is 15.0. The minimum absolute atomic E-state index is 1.25. The van der Waals surface area contributed by atoms with Crippen molar-refractivity contribution in [3.05, 3.63) is 48.5 Å². The Morgan fingerprint density at radius 3 is 1.41 bits per heavy atom. The van der Waals surface area contributed by atoms with Gasteiger partial charge in [-0.25, -0.2) is 0 Å². The number of benzene rings is 2. The largest absolute Gasteiger partial charge is 0.309 e. The molecule has 0 fully saturated rings. The van der Waals surface area contributed by atoms with Crippen molar-refractivity contribution in [2.24, 2.45) is 0 Å². The molecule has 2 aromatic carbocycles. The van der Waals surface area contributed by atoms with Crippen molar-refractivity contribution in [1.82, 2.24) is 4.90 Å². The van der Waals surface area contributed by atoms with Gasteiger partial charge in [0.15, 0.2) is 0 Å². The average molecular weight is 302 g/mol. The molecule has 0 spiro atoms. The monoisotopic (exact) mass is 301 g/mol. The lowest BCUT2D eigenvalue weighted by atomic mass is 10.1. The number of rotatable bonds is 5. The van der Waals surface area contributed by atoms with E-state index < -0.39 is 0 Å². The smallest absolute Gasteiger partial charge is 0.00248 e. The van der Waals surface area contributed by atoms with E-state index in [0.29, 0.717) is 0 Å². The molecule has 0 unspecified atom stereocenters. The van der Waals surface area contributed by atoms with E-state index in [1.54, 1.807) is 0 Å². The molecule has 22 heavy (non-hydrogen) atoms. The maximum absolute atomic E-state index is 2.25. The molecule has 0 aliphatic heterocycles. The van der Waals surface area contributed by atoms with Crippen LogP contribution >= 0.6 is 0 Å². The summed E-state index contributed by atoms with van der Waals surface area (Å²) < 4.78 is 0. The average Bonchev–Trinajstić information content (AvgIpc) is 2.53. The van der Waals surface area contributed by atoms with E-state index in [1.165, 1.54) is 49.4 Å². The van der Waals surface area contributed by atoms with Crippen molar-refractivity contribution >= 4 is 10.8 Å². The van der Waals surface area contributed by atoms with Crippen LogP contribution in [-0.2, 0) is 0 Å². The maximum atomic E-state index is 2.25. The Hall–Kier alpha value is -1.34. The fourth-order valence-corrected chi connectivity index (χ4v) is 1.99. The molecule has 0 radical (unpaired) electrons. The van der Waals surface area contributed by atoms with Gasteiger partial charge >= 0.3 is 0 Å². The summed E-state index contributed by atoms with van der Waals surface area (Å²) >= 11 is 0. The van der Waals surface area contributed by atoms with E-state index in [2.05, 4.69) is 88.3 Å². The van der Waals surface area contributed by atoms with Crippen LogP contribution in [0.4, 0.5) is 0 Å². The highest BCUT2D eigenvalue weighted by Gasteiger charge is 1.88. The van der Waals surface area contributed by atoms with Crippen LogP contribution in [0.5, 0.6) is 0 Å². The fourth-order valence-electron chi connectivity index (χ4n) is 1.99. The van der Waals surface area contributed by atoms with E-state index >= 15 is 0 Å². The number of hydrogen-bond acceptors (Lipinski definition) is 1. The van der Waals surface area contributed by atoms with Crippen LogP contribution in [0.15, 0.2) is 48.5 Å². The summed E-state index contributed by atoms with van der Waals surface area (Å²) in [5.41, 5.74) is 0. The first kappa shape index (κ1) is 20.7. The third-order valence-corrected chi connectivity index (χ3v) is 3.12. The Morgan fingerprint density at radius 1 is 0.682 bits per heavy atom. The van der Waals surface area contributed by atoms with E-state index in [1.807, 2.05) is 0 Å². The van der Waals surface area contributed by atoms with Gasteiger partial charge in [0, 0.05) is 0 Å². The van der Waals surface area contributed by atoms with Crippen LogP contribution in [0.2, 0.25) is 0 Å². The molecule has 0 saturated heterocycles. The minimum Gasteiger partial charge on any atom is -0.309 e. The Kier molecular flexibility index (Phi) is 13.7. The third-order valence-electron chi connectivity index (χ3n) is 3.12. The molecule has 1 nitrogen and oxygen atoms in total. The number of unbranched alkanes of at least 4 members (excludes halogenated alkanes) is 3. The molecule has 0 atom stereocenters. The van der Waals surface area contributed by atoms with Crippen LogP contribution in [0.3, 0.4) is 0 Å². The van der Waals surface area contributed by atoms with Gasteiger partial charge in [-0.05, 0) is 37.8 Å². The zero-order valence-corrected chi connectivity index (χ0v) is 15.3. The van der Waals surface area contributed by atoms with Crippen molar-refractivity contribution in [3.8, 4) is 0 Å². The molecule has 2 aromatic rings. The number of fused-ring (bicyclic) bond motifs is 1. The summed E-state index contributed by atoms with van der Waals surface area (Å²) in [6.07, 6.45) is 6.75. The van der Waals surface area contributed by atoms with Gasteiger partial charge in [-0.3, -0.25) is 0 Å². The van der Waals surface area contributed by atoms with Gasteiger partial charge in [0.2, 0.25) is 0 Å². The quantitative estimate of drug-likeness (QED) is 0.579. The second-order valence-electron chi connectivity index (χ2n) is 5.92. The highest BCUT2D eigenvalue weighted by Crippen LogP contribution is 2.11. The zero-order chi connectivity index (χ0) is 16.6. The third kappa shape index (κ3) is 11.3. The zero-order valence-electron chi connectivity index (χ0n) is 15.3. The van der Waals surface area contributed by atoms with E-state index in [-0.39, 0.29) is 0 Å². The Labute approximate surface area is 138 Å². The molecule has 0 aliphatic rings. The lowest BCUT2D eigenvalue weighted by Gasteiger charge is -2.07. The van der Waals surface area contributed by atoms with Crippen molar-refractivity contribution < 1.29 is 0 Å². The van der Waals surface area contributed by atoms with Crippen molar-refractivity contribution in [2.75, 3.05) is 20.6 Å². The standard InChI is InChI=1S/C10H8.C8H19N.C3H8/c1-2-6-10-8-4-3-7-9(10)5-1;1-4-5-6-7-8-9(2)3;1-3-2/h1-8H;4-8H2,1-3H3;3H2,1-2H3. The van der Waals surface area contributed by atoms with Gasteiger partial charge in [0.1, 0.15) is 0 Å². The van der Waals surface area contributed by atoms with Gasteiger partial charge in [0.05, 0.1) is 0 Å². The lowest BCUT2D eigenvalue weighted by Crippen LogP contribution is -2.12. The molecule has 0 aliphatic carbocycles. The molecular weight excluding hydrogens is 266 g/mol. The Bertz CT molecular complexity index is 397. The molecule has 0 bridgehead atoms. The molecule has 1 heteroatoms. The summed E-state index contributed by atoms with van der Waals surface area (Å²) in [6.45, 7) is 7.75. The van der Waals surface area contributed by atoms with Crippen LogP contribution in [-0.4, -0.2) is 25.5 Å². The van der Waals surface area contributed by atoms with Gasteiger partial charge in [-0.1, -0.05) is 95.0 Å². The summed E-state index contributed by atoms with van der Waals surface area (Å²) in [5, 5.41) is 2.62. The van der Waals surface area contributed by atoms with E-state index in [4.69, 9.17) is 0 Å². The SMILES string of the molecule is CCC.CCCCCCN(C)C.c1ccc2ccccc2c1.